The third-order valence-corrected chi connectivity index (χ3v) is 3.47. The zero-order valence-electron chi connectivity index (χ0n) is 13.9. The molecule has 0 amide bonds. The second-order valence-electron chi connectivity index (χ2n) is 5.24. The summed E-state index contributed by atoms with van der Waals surface area (Å²) in [5, 5.41) is 3.07. The van der Waals surface area contributed by atoms with Crippen molar-refractivity contribution in [3.8, 4) is 5.75 Å². The Morgan fingerprint density at radius 3 is 2.48 bits per heavy atom. The van der Waals surface area contributed by atoms with E-state index >= 15 is 0 Å². The molecule has 0 aliphatic carbocycles. The first-order valence-electron chi connectivity index (χ1n) is 7.14. The number of benzene rings is 1. The minimum Gasteiger partial charge on any atom is -0.496 e. The van der Waals surface area contributed by atoms with Gasteiger partial charge in [-0.15, -0.1) is 24.0 Å². The molecule has 1 heterocycles. The molecule has 0 saturated carbocycles. The number of aromatic nitrogens is 1. The third-order valence-electron chi connectivity index (χ3n) is 3.47. The highest BCUT2D eigenvalue weighted by molar-refractivity contribution is 14.0. The van der Waals surface area contributed by atoms with Gasteiger partial charge in [0.2, 0.25) is 0 Å². The summed E-state index contributed by atoms with van der Waals surface area (Å²) >= 11 is 0. The van der Waals surface area contributed by atoms with Crippen LogP contribution in [0.15, 0.2) is 35.5 Å². The van der Waals surface area contributed by atoms with E-state index in [9.17, 15) is 0 Å². The van der Waals surface area contributed by atoms with Crippen molar-refractivity contribution in [2.45, 2.75) is 27.3 Å². The van der Waals surface area contributed by atoms with Crippen molar-refractivity contribution < 1.29 is 4.74 Å². The number of ether oxygens (including phenoxy) is 1. The van der Waals surface area contributed by atoms with E-state index in [1.807, 2.05) is 45.0 Å². The van der Waals surface area contributed by atoms with Crippen LogP contribution in [0.25, 0.3) is 0 Å². The van der Waals surface area contributed by atoms with E-state index in [0.717, 1.165) is 28.3 Å². The molecule has 0 saturated heterocycles. The molecule has 5 nitrogen and oxygen atoms in total. The van der Waals surface area contributed by atoms with E-state index in [0.29, 0.717) is 12.5 Å². The summed E-state index contributed by atoms with van der Waals surface area (Å²) in [5.74, 6) is 1.22. The molecule has 124 valence electrons. The lowest BCUT2D eigenvalue weighted by molar-refractivity contribution is 0.407. The fourth-order valence-electron chi connectivity index (χ4n) is 2.21. The molecular weight excluding hydrogens is 403 g/mol. The Kier molecular flexibility index (Phi) is 7.28. The zero-order valence-corrected chi connectivity index (χ0v) is 16.2. The van der Waals surface area contributed by atoms with Crippen LogP contribution in [0.2, 0.25) is 0 Å². The van der Waals surface area contributed by atoms with Gasteiger partial charge in [0.15, 0.2) is 5.96 Å². The van der Waals surface area contributed by atoms with Crippen LogP contribution >= 0.6 is 24.0 Å². The van der Waals surface area contributed by atoms with Gasteiger partial charge in [-0.05, 0) is 32.9 Å². The number of pyridine rings is 1. The largest absolute Gasteiger partial charge is 0.496 e. The Morgan fingerprint density at radius 1 is 1.22 bits per heavy atom. The summed E-state index contributed by atoms with van der Waals surface area (Å²) in [5.41, 5.74) is 10.9. The van der Waals surface area contributed by atoms with Crippen LogP contribution < -0.4 is 15.8 Å². The standard InChI is InChI=1S/C17H22N4O.HI/c1-11-5-7-14(8-6-11)21-17(18)20-10-15-13(3)16(22-4)12(2)9-19-15;/h5-9H,10H2,1-4H3,(H3,18,20,21);1H. The molecule has 6 heteroatoms. The van der Waals surface area contributed by atoms with Gasteiger partial charge in [-0.25, -0.2) is 4.99 Å². The van der Waals surface area contributed by atoms with Crippen LogP contribution in [0.1, 0.15) is 22.4 Å². The van der Waals surface area contributed by atoms with Gasteiger partial charge in [0.25, 0.3) is 0 Å². The molecular formula is C17H23IN4O. The van der Waals surface area contributed by atoms with E-state index in [1.165, 1.54) is 5.56 Å². The highest BCUT2D eigenvalue weighted by Crippen LogP contribution is 2.24. The Morgan fingerprint density at radius 2 is 1.87 bits per heavy atom. The van der Waals surface area contributed by atoms with Gasteiger partial charge in [-0.1, -0.05) is 17.7 Å². The average Bonchev–Trinajstić information content (AvgIpc) is 2.49. The topological polar surface area (TPSA) is 72.5 Å². The van der Waals surface area contributed by atoms with Crippen molar-refractivity contribution in [2.24, 2.45) is 10.7 Å². The van der Waals surface area contributed by atoms with E-state index in [1.54, 1.807) is 13.3 Å². The van der Waals surface area contributed by atoms with Gasteiger partial charge in [0.1, 0.15) is 5.75 Å². The third kappa shape index (κ3) is 5.09. The lowest BCUT2D eigenvalue weighted by atomic mass is 10.1. The molecule has 0 bridgehead atoms. The minimum atomic E-state index is 0. The number of nitrogens with one attached hydrogen (secondary N) is 1. The fourth-order valence-corrected chi connectivity index (χ4v) is 2.21. The smallest absolute Gasteiger partial charge is 0.193 e. The van der Waals surface area contributed by atoms with Crippen molar-refractivity contribution in [1.82, 2.24) is 4.98 Å². The van der Waals surface area contributed by atoms with Crippen LogP contribution in [-0.4, -0.2) is 18.1 Å². The van der Waals surface area contributed by atoms with E-state index in [-0.39, 0.29) is 24.0 Å². The summed E-state index contributed by atoms with van der Waals surface area (Å²) in [7, 11) is 1.66. The highest BCUT2D eigenvalue weighted by Gasteiger charge is 2.08. The monoisotopic (exact) mass is 426 g/mol. The first-order chi connectivity index (χ1) is 10.5. The molecule has 0 radical (unpaired) electrons. The minimum absolute atomic E-state index is 0. The lowest BCUT2D eigenvalue weighted by Crippen LogP contribution is -2.22. The quantitative estimate of drug-likeness (QED) is 0.446. The number of hydrogen-bond acceptors (Lipinski definition) is 3. The first kappa shape index (κ1) is 19.2. The second kappa shape index (κ2) is 8.71. The summed E-state index contributed by atoms with van der Waals surface area (Å²) in [6.07, 6.45) is 1.79. The second-order valence-corrected chi connectivity index (χ2v) is 5.24. The molecule has 1 aromatic heterocycles. The zero-order chi connectivity index (χ0) is 16.1. The predicted octanol–water partition coefficient (Wildman–Crippen LogP) is 3.56. The number of nitrogens with two attached hydrogens (primary N) is 1. The summed E-state index contributed by atoms with van der Waals surface area (Å²) in [6.45, 7) is 6.40. The van der Waals surface area contributed by atoms with Gasteiger partial charge in [-0.2, -0.15) is 0 Å². The molecule has 23 heavy (non-hydrogen) atoms. The maximum atomic E-state index is 5.92. The van der Waals surface area contributed by atoms with Crippen molar-refractivity contribution in [3.05, 3.63) is 52.8 Å². The summed E-state index contributed by atoms with van der Waals surface area (Å²) in [4.78, 5) is 8.75. The molecule has 2 rings (SSSR count). The molecule has 0 fully saturated rings. The Bertz CT molecular complexity index is 684. The number of rotatable bonds is 4. The molecule has 0 unspecified atom stereocenters. The average molecular weight is 426 g/mol. The highest BCUT2D eigenvalue weighted by atomic mass is 127. The number of methoxy groups -OCH3 is 1. The Hall–Kier alpha value is -1.83. The first-order valence-corrected chi connectivity index (χ1v) is 7.14. The van der Waals surface area contributed by atoms with Crippen molar-refractivity contribution in [2.75, 3.05) is 12.4 Å². The molecule has 2 aromatic rings. The van der Waals surface area contributed by atoms with Crippen LogP contribution in [-0.2, 0) is 6.54 Å². The summed E-state index contributed by atoms with van der Waals surface area (Å²) in [6, 6.07) is 7.98. The van der Waals surface area contributed by atoms with E-state index in [2.05, 4.69) is 15.3 Å². The van der Waals surface area contributed by atoms with Crippen LogP contribution in [0.5, 0.6) is 5.75 Å². The number of anilines is 1. The Balaban J connectivity index is 0.00000264. The lowest BCUT2D eigenvalue weighted by Gasteiger charge is -2.11. The van der Waals surface area contributed by atoms with Gasteiger partial charge < -0.3 is 15.8 Å². The number of aryl methyl sites for hydroxylation is 2. The van der Waals surface area contributed by atoms with E-state index in [4.69, 9.17) is 10.5 Å². The maximum Gasteiger partial charge on any atom is 0.193 e. The van der Waals surface area contributed by atoms with Gasteiger partial charge >= 0.3 is 0 Å². The van der Waals surface area contributed by atoms with Gasteiger partial charge in [-0.3, -0.25) is 4.98 Å². The molecule has 0 aliphatic heterocycles. The van der Waals surface area contributed by atoms with E-state index < -0.39 is 0 Å². The van der Waals surface area contributed by atoms with Crippen molar-refractivity contribution in [1.29, 1.82) is 0 Å². The van der Waals surface area contributed by atoms with Crippen molar-refractivity contribution in [3.63, 3.8) is 0 Å². The fraction of sp³-hybridized carbons (Fsp3) is 0.294. The van der Waals surface area contributed by atoms with Crippen LogP contribution in [0, 0.1) is 20.8 Å². The van der Waals surface area contributed by atoms with Crippen LogP contribution in [0.3, 0.4) is 0 Å². The van der Waals surface area contributed by atoms with Gasteiger partial charge in [0, 0.05) is 23.0 Å². The normalized spacial score (nSPS) is 10.9. The molecule has 0 aliphatic rings. The number of halogens is 1. The Labute approximate surface area is 154 Å². The van der Waals surface area contributed by atoms with Crippen molar-refractivity contribution >= 4 is 35.6 Å². The number of aliphatic imine (C=N–C) groups is 1. The maximum absolute atomic E-state index is 5.92. The predicted molar refractivity (Wildman–Crippen MR) is 106 cm³/mol. The summed E-state index contributed by atoms with van der Waals surface area (Å²) < 4.78 is 5.39. The number of nitrogens with zero attached hydrogens (tertiary/aromatic N) is 2. The number of hydrogen-bond donors (Lipinski definition) is 2. The molecule has 1 aromatic carbocycles. The molecule has 0 spiro atoms. The molecule has 0 atom stereocenters. The molecule has 3 N–H and O–H groups in total. The van der Waals surface area contributed by atoms with Gasteiger partial charge in [0.05, 0.1) is 19.3 Å². The number of guanidine groups is 1. The SMILES string of the molecule is COc1c(C)cnc(CN=C(N)Nc2ccc(C)cc2)c1C.I. The van der Waals surface area contributed by atoms with Crippen LogP contribution in [0.4, 0.5) is 5.69 Å².